The molecular weight excluding hydrogens is 170 g/mol. The number of hydrogen-bond donors (Lipinski definition) is 1. The molecular formula is C13H19N. The summed E-state index contributed by atoms with van der Waals surface area (Å²) in [7, 11) is 0. The Hall–Kier alpha value is -1.24. The molecule has 1 aromatic carbocycles. The van der Waals surface area contributed by atoms with Gasteiger partial charge in [-0.3, -0.25) is 0 Å². The molecule has 76 valence electrons. The van der Waals surface area contributed by atoms with Gasteiger partial charge in [-0.2, -0.15) is 0 Å². The highest BCUT2D eigenvalue weighted by Gasteiger charge is 2.16. The Labute approximate surface area is 86.6 Å². The van der Waals surface area contributed by atoms with Gasteiger partial charge in [-0.1, -0.05) is 39.0 Å². The summed E-state index contributed by atoms with van der Waals surface area (Å²) in [6.45, 7) is 10.3. The van der Waals surface area contributed by atoms with Crippen LogP contribution >= 0.6 is 0 Å². The minimum absolute atomic E-state index is 0.112. The van der Waals surface area contributed by atoms with Crippen molar-refractivity contribution in [3.63, 3.8) is 0 Å². The van der Waals surface area contributed by atoms with Gasteiger partial charge < -0.3 is 5.73 Å². The lowest BCUT2D eigenvalue weighted by atomic mass is 9.84. The lowest BCUT2D eigenvalue weighted by Crippen LogP contribution is -2.14. The van der Waals surface area contributed by atoms with Gasteiger partial charge in [-0.15, -0.1) is 6.58 Å². The first kappa shape index (κ1) is 10.8. The third kappa shape index (κ3) is 2.38. The molecule has 0 aliphatic carbocycles. The van der Waals surface area contributed by atoms with Crippen LogP contribution in [0.25, 0.3) is 0 Å². The molecule has 0 fully saturated rings. The molecule has 14 heavy (non-hydrogen) atoms. The Bertz CT molecular complexity index is 332. The largest absolute Gasteiger partial charge is 0.398 e. The van der Waals surface area contributed by atoms with Gasteiger partial charge in [-0.25, -0.2) is 0 Å². The summed E-state index contributed by atoms with van der Waals surface area (Å²) >= 11 is 0. The second-order valence-electron chi connectivity index (χ2n) is 4.66. The van der Waals surface area contributed by atoms with Crippen LogP contribution in [0.3, 0.4) is 0 Å². The van der Waals surface area contributed by atoms with Crippen molar-refractivity contribution >= 4 is 5.69 Å². The molecule has 0 unspecified atom stereocenters. The van der Waals surface area contributed by atoms with Gasteiger partial charge in [0.2, 0.25) is 0 Å². The Kier molecular flexibility index (Phi) is 3.00. The number of rotatable bonds is 2. The van der Waals surface area contributed by atoms with Crippen molar-refractivity contribution in [3.05, 3.63) is 42.0 Å². The van der Waals surface area contributed by atoms with Crippen molar-refractivity contribution in [3.8, 4) is 0 Å². The van der Waals surface area contributed by atoms with Gasteiger partial charge in [0, 0.05) is 5.69 Å². The number of benzene rings is 1. The van der Waals surface area contributed by atoms with E-state index in [0.717, 1.165) is 12.1 Å². The maximum absolute atomic E-state index is 5.95. The van der Waals surface area contributed by atoms with Gasteiger partial charge in [0.15, 0.2) is 0 Å². The molecule has 1 rings (SSSR count). The van der Waals surface area contributed by atoms with E-state index in [1.54, 1.807) is 0 Å². The Balaban J connectivity index is 3.15. The number of nitrogens with two attached hydrogens (primary N) is 1. The molecule has 0 spiro atoms. The summed E-state index contributed by atoms with van der Waals surface area (Å²) in [6, 6.07) is 6.22. The molecule has 1 heteroatoms. The fourth-order valence-corrected chi connectivity index (χ4v) is 1.55. The minimum atomic E-state index is 0.112. The topological polar surface area (TPSA) is 26.0 Å². The van der Waals surface area contributed by atoms with E-state index in [1.165, 1.54) is 11.1 Å². The van der Waals surface area contributed by atoms with Crippen LogP contribution in [0.4, 0.5) is 5.69 Å². The average molecular weight is 189 g/mol. The summed E-state index contributed by atoms with van der Waals surface area (Å²) in [6.07, 6.45) is 2.82. The first-order valence-corrected chi connectivity index (χ1v) is 4.95. The van der Waals surface area contributed by atoms with E-state index in [0.29, 0.717) is 0 Å². The summed E-state index contributed by atoms with van der Waals surface area (Å²) in [4.78, 5) is 0. The Morgan fingerprint density at radius 1 is 1.36 bits per heavy atom. The van der Waals surface area contributed by atoms with E-state index in [2.05, 4.69) is 39.5 Å². The zero-order valence-corrected chi connectivity index (χ0v) is 9.30. The predicted octanol–water partition coefficient (Wildman–Crippen LogP) is 3.29. The fraction of sp³-hybridized carbons (Fsp3) is 0.385. The van der Waals surface area contributed by atoms with Crippen molar-refractivity contribution in [2.45, 2.75) is 32.6 Å². The van der Waals surface area contributed by atoms with E-state index >= 15 is 0 Å². The Morgan fingerprint density at radius 2 is 2.00 bits per heavy atom. The van der Waals surface area contributed by atoms with Crippen LogP contribution < -0.4 is 5.73 Å². The highest BCUT2D eigenvalue weighted by molar-refractivity contribution is 5.52. The number of anilines is 1. The molecule has 1 aromatic rings. The average Bonchev–Trinajstić information content (AvgIpc) is 2.07. The van der Waals surface area contributed by atoms with E-state index in [-0.39, 0.29) is 5.41 Å². The van der Waals surface area contributed by atoms with Crippen LogP contribution in [0.1, 0.15) is 31.9 Å². The minimum Gasteiger partial charge on any atom is -0.398 e. The van der Waals surface area contributed by atoms with Gasteiger partial charge in [0.1, 0.15) is 0 Å². The van der Waals surface area contributed by atoms with Crippen molar-refractivity contribution in [1.29, 1.82) is 0 Å². The molecule has 0 saturated heterocycles. The second-order valence-corrected chi connectivity index (χ2v) is 4.66. The fourth-order valence-electron chi connectivity index (χ4n) is 1.55. The lowest BCUT2D eigenvalue weighted by molar-refractivity contribution is 0.592. The summed E-state index contributed by atoms with van der Waals surface area (Å²) < 4.78 is 0. The van der Waals surface area contributed by atoms with E-state index in [9.17, 15) is 0 Å². The van der Waals surface area contributed by atoms with Crippen LogP contribution in [0.15, 0.2) is 30.9 Å². The maximum atomic E-state index is 5.95. The third-order valence-corrected chi connectivity index (χ3v) is 2.31. The van der Waals surface area contributed by atoms with E-state index < -0.39 is 0 Å². The van der Waals surface area contributed by atoms with Crippen LogP contribution in [0, 0.1) is 0 Å². The molecule has 1 nitrogen and oxygen atoms in total. The zero-order chi connectivity index (χ0) is 10.8. The van der Waals surface area contributed by atoms with Gasteiger partial charge in [0.05, 0.1) is 0 Å². The number of nitrogen functional groups attached to an aromatic ring is 1. The predicted molar refractivity (Wildman–Crippen MR) is 63.5 cm³/mol. The zero-order valence-electron chi connectivity index (χ0n) is 9.30. The first-order valence-electron chi connectivity index (χ1n) is 4.95. The maximum Gasteiger partial charge on any atom is 0.0352 e. The third-order valence-electron chi connectivity index (χ3n) is 2.31. The quantitative estimate of drug-likeness (QED) is 0.560. The first-order chi connectivity index (χ1) is 6.45. The molecule has 0 amide bonds. The standard InChI is InChI=1S/C13H19N/c1-5-6-10-7-8-12(14)11(9-10)13(2,3)4/h5,7-9H,1,6,14H2,2-4H3. The second kappa shape index (κ2) is 3.87. The molecule has 0 bridgehead atoms. The van der Waals surface area contributed by atoms with Gasteiger partial charge in [0.25, 0.3) is 0 Å². The van der Waals surface area contributed by atoms with Crippen molar-refractivity contribution < 1.29 is 0 Å². The molecule has 0 aliphatic rings. The van der Waals surface area contributed by atoms with Crippen LogP contribution in [0.5, 0.6) is 0 Å². The smallest absolute Gasteiger partial charge is 0.0352 e. The molecule has 0 aliphatic heterocycles. The van der Waals surface area contributed by atoms with Crippen LogP contribution in [-0.4, -0.2) is 0 Å². The van der Waals surface area contributed by atoms with E-state index in [1.807, 2.05) is 12.1 Å². The number of allylic oxidation sites excluding steroid dienone is 1. The molecule has 0 atom stereocenters. The van der Waals surface area contributed by atoms with Crippen molar-refractivity contribution in [1.82, 2.24) is 0 Å². The molecule has 0 heterocycles. The molecule has 2 N–H and O–H groups in total. The van der Waals surface area contributed by atoms with E-state index in [4.69, 9.17) is 5.73 Å². The lowest BCUT2D eigenvalue weighted by Gasteiger charge is -2.22. The summed E-state index contributed by atoms with van der Waals surface area (Å²) in [5.41, 5.74) is 9.43. The normalized spacial score (nSPS) is 11.4. The molecule has 0 saturated carbocycles. The number of hydrogen-bond acceptors (Lipinski definition) is 1. The SMILES string of the molecule is C=CCc1ccc(N)c(C(C)(C)C)c1. The Morgan fingerprint density at radius 3 is 2.50 bits per heavy atom. The van der Waals surface area contributed by atoms with Crippen LogP contribution in [-0.2, 0) is 11.8 Å². The van der Waals surface area contributed by atoms with Crippen molar-refractivity contribution in [2.75, 3.05) is 5.73 Å². The summed E-state index contributed by atoms with van der Waals surface area (Å²) in [5.74, 6) is 0. The molecule has 0 radical (unpaired) electrons. The van der Waals surface area contributed by atoms with Gasteiger partial charge in [-0.05, 0) is 29.0 Å². The highest BCUT2D eigenvalue weighted by Crippen LogP contribution is 2.28. The van der Waals surface area contributed by atoms with Gasteiger partial charge >= 0.3 is 0 Å². The van der Waals surface area contributed by atoms with Crippen molar-refractivity contribution in [2.24, 2.45) is 0 Å². The highest BCUT2D eigenvalue weighted by atomic mass is 14.6. The van der Waals surface area contributed by atoms with Crippen LogP contribution in [0.2, 0.25) is 0 Å². The molecule has 0 aromatic heterocycles. The summed E-state index contributed by atoms with van der Waals surface area (Å²) in [5, 5.41) is 0. The monoisotopic (exact) mass is 189 g/mol.